The van der Waals surface area contributed by atoms with Gasteiger partial charge < -0.3 is 23.6 Å². The van der Waals surface area contributed by atoms with Crippen LogP contribution in [0.25, 0.3) is 0 Å². The first-order valence-electron chi connectivity index (χ1n) is 10.3. The Morgan fingerprint density at radius 1 is 1.00 bits per heavy atom. The van der Waals surface area contributed by atoms with Gasteiger partial charge in [-0.05, 0) is 19.8 Å². The zero-order valence-corrected chi connectivity index (χ0v) is 17.0. The van der Waals surface area contributed by atoms with Gasteiger partial charge in [-0.25, -0.2) is 9.97 Å². The number of nitrogens with zero attached hydrogens (tertiary/aromatic N) is 5. The Bertz CT molecular complexity index is 757. The molecule has 29 heavy (non-hydrogen) atoms. The third-order valence-electron chi connectivity index (χ3n) is 5.32. The molecule has 0 unspecified atom stereocenters. The maximum atomic E-state index is 6.13. The molecule has 2 aliphatic rings. The third kappa shape index (κ3) is 5.88. The lowest BCUT2D eigenvalue weighted by Gasteiger charge is -2.34. The van der Waals surface area contributed by atoms with Crippen molar-refractivity contribution in [1.29, 1.82) is 0 Å². The summed E-state index contributed by atoms with van der Waals surface area (Å²) in [5.41, 5.74) is 0.715. The fourth-order valence-electron chi connectivity index (χ4n) is 3.64. The van der Waals surface area contributed by atoms with Gasteiger partial charge in [-0.15, -0.1) is 0 Å². The number of ether oxygens (including phenoxy) is 3. The van der Waals surface area contributed by atoms with Gasteiger partial charge in [-0.2, -0.15) is 0 Å². The molecule has 0 aliphatic carbocycles. The first-order chi connectivity index (χ1) is 14.3. The molecule has 0 N–H and O–H groups in total. The molecule has 2 aromatic heterocycles. The van der Waals surface area contributed by atoms with E-state index in [-0.39, 0.29) is 12.7 Å². The Hall–Kier alpha value is -2.23. The van der Waals surface area contributed by atoms with Crippen LogP contribution in [0, 0.1) is 6.92 Å². The van der Waals surface area contributed by atoms with Gasteiger partial charge in [0.05, 0.1) is 13.2 Å². The molecule has 0 aromatic carbocycles. The van der Waals surface area contributed by atoms with Crippen LogP contribution < -0.4 is 9.47 Å². The molecule has 2 fully saturated rings. The summed E-state index contributed by atoms with van der Waals surface area (Å²) in [5.74, 6) is 1.59. The van der Waals surface area contributed by atoms with Crippen LogP contribution in [0.4, 0.5) is 0 Å². The van der Waals surface area contributed by atoms with E-state index in [0.717, 1.165) is 71.1 Å². The van der Waals surface area contributed by atoms with E-state index >= 15 is 0 Å². The monoisotopic (exact) mass is 403 g/mol. The minimum atomic E-state index is 0.128. The van der Waals surface area contributed by atoms with Crippen LogP contribution in [0.2, 0.25) is 0 Å². The molecule has 0 radical (unpaired) electrons. The van der Waals surface area contributed by atoms with Gasteiger partial charge in [-0.3, -0.25) is 4.90 Å². The predicted molar refractivity (Wildman–Crippen MR) is 105 cm³/mol. The summed E-state index contributed by atoms with van der Waals surface area (Å²) in [6.07, 6.45) is 5.30. The average Bonchev–Trinajstić information content (AvgIpc) is 3.18. The minimum Gasteiger partial charge on any atom is -0.470 e. The SMILES string of the molecule is Cc1cc(COc2nccnc2OC2CCN(CCN3CCOCC3)CC2)no1. The number of hydrogen-bond donors (Lipinski definition) is 0. The minimum absolute atomic E-state index is 0.128. The number of likely N-dealkylation sites (tertiary alicyclic amines) is 1. The maximum absolute atomic E-state index is 6.13. The van der Waals surface area contributed by atoms with Gasteiger partial charge in [0, 0.05) is 57.7 Å². The molecule has 2 aliphatic heterocycles. The molecule has 4 heterocycles. The summed E-state index contributed by atoms with van der Waals surface area (Å²) < 4.78 is 22.4. The van der Waals surface area contributed by atoms with Crippen LogP contribution in [0.15, 0.2) is 23.0 Å². The lowest BCUT2D eigenvalue weighted by atomic mass is 10.1. The highest BCUT2D eigenvalue weighted by molar-refractivity contribution is 5.24. The van der Waals surface area contributed by atoms with E-state index < -0.39 is 0 Å². The van der Waals surface area contributed by atoms with E-state index in [2.05, 4.69) is 24.9 Å². The lowest BCUT2D eigenvalue weighted by Crippen LogP contribution is -2.44. The van der Waals surface area contributed by atoms with Gasteiger partial charge >= 0.3 is 0 Å². The zero-order valence-electron chi connectivity index (χ0n) is 17.0. The maximum Gasteiger partial charge on any atom is 0.278 e. The molecule has 0 saturated carbocycles. The van der Waals surface area contributed by atoms with Gasteiger partial charge in [0.25, 0.3) is 11.8 Å². The number of hydrogen-bond acceptors (Lipinski definition) is 9. The van der Waals surface area contributed by atoms with Crippen molar-refractivity contribution in [3.63, 3.8) is 0 Å². The number of rotatable bonds is 8. The summed E-state index contributed by atoms with van der Waals surface area (Å²) in [6.45, 7) is 10.2. The Morgan fingerprint density at radius 2 is 1.69 bits per heavy atom. The first-order valence-corrected chi connectivity index (χ1v) is 10.3. The molecule has 0 bridgehead atoms. The highest BCUT2D eigenvalue weighted by atomic mass is 16.5. The molecule has 158 valence electrons. The smallest absolute Gasteiger partial charge is 0.278 e. The zero-order chi connectivity index (χ0) is 19.9. The average molecular weight is 403 g/mol. The normalized spacial score (nSPS) is 19.3. The van der Waals surface area contributed by atoms with Crippen LogP contribution >= 0.6 is 0 Å². The fraction of sp³-hybridized carbons (Fsp3) is 0.650. The lowest BCUT2D eigenvalue weighted by molar-refractivity contribution is 0.0284. The standard InChI is InChI=1S/C20H29N5O4/c1-16-14-17(23-29-16)15-27-19-20(22-5-4-21-19)28-18-2-6-24(7-3-18)8-9-25-10-12-26-13-11-25/h4-5,14,18H,2-3,6-13,15H2,1H3. The first kappa shape index (κ1) is 20.1. The molecular formula is C20H29N5O4. The third-order valence-corrected chi connectivity index (χ3v) is 5.32. The Labute approximate surface area is 170 Å². The second-order valence-corrected chi connectivity index (χ2v) is 7.50. The van der Waals surface area contributed by atoms with Crippen LogP contribution in [-0.4, -0.2) is 83.5 Å². The molecule has 0 amide bonds. The van der Waals surface area contributed by atoms with Crippen molar-refractivity contribution in [3.05, 3.63) is 29.9 Å². The van der Waals surface area contributed by atoms with Crippen molar-refractivity contribution >= 4 is 0 Å². The van der Waals surface area contributed by atoms with Gasteiger partial charge in [0.15, 0.2) is 0 Å². The van der Waals surface area contributed by atoms with E-state index in [1.165, 1.54) is 0 Å². The van der Waals surface area contributed by atoms with Crippen molar-refractivity contribution in [2.75, 3.05) is 52.5 Å². The van der Waals surface area contributed by atoms with Crippen LogP contribution in [-0.2, 0) is 11.3 Å². The molecule has 2 aromatic rings. The molecule has 9 heteroatoms. The van der Waals surface area contributed by atoms with Crippen molar-refractivity contribution in [2.24, 2.45) is 0 Å². The summed E-state index contributed by atoms with van der Waals surface area (Å²) in [4.78, 5) is 13.6. The number of morpholine rings is 1. The van der Waals surface area contributed by atoms with E-state index in [0.29, 0.717) is 17.5 Å². The quantitative estimate of drug-likeness (QED) is 0.651. The molecule has 9 nitrogen and oxygen atoms in total. The molecule has 4 rings (SSSR count). The largest absolute Gasteiger partial charge is 0.470 e. The second kappa shape index (κ2) is 10.00. The Balaban J connectivity index is 1.22. The molecule has 0 spiro atoms. The Morgan fingerprint density at radius 3 is 2.38 bits per heavy atom. The topological polar surface area (TPSA) is 86.0 Å². The highest BCUT2D eigenvalue weighted by Crippen LogP contribution is 2.25. The van der Waals surface area contributed by atoms with E-state index in [9.17, 15) is 0 Å². The van der Waals surface area contributed by atoms with E-state index in [1.54, 1.807) is 12.4 Å². The summed E-state index contributed by atoms with van der Waals surface area (Å²) in [6, 6.07) is 1.84. The van der Waals surface area contributed by atoms with E-state index in [1.807, 2.05) is 13.0 Å². The van der Waals surface area contributed by atoms with Crippen molar-refractivity contribution < 1.29 is 18.7 Å². The van der Waals surface area contributed by atoms with Gasteiger partial charge in [0.1, 0.15) is 24.2 Å². The number of piperidine rings is 1. The highest BCUT2D eigenvalue weighted by Gasteiger charge is 2.23. The van der Waals surface area contributed by atoms with Crippen LogP contribution in [0.5, 0.6) is 11.8 Å². The molecule has 0 atom stereocenters. The number of aryl methyl sites for hydroxylation is 1. The van der Waals surface area contributed by atoms with Crippen LogP contribution in [0.1, 0.15) is 24.3 Å². The van der Waals surface area contributed by atoms with Gasteiger partial charge in [-0.1, -0.05) is 5.16 Å². The number of aromatic nitrogens is 3. The summed E-state index contributed by atoms with van der Waals surface area (Å²) in [5, 5.41) is 3.93. The predicted octanol–water partition coefficient (Wildman–Crippen LogP) is 1.53. The summed E-state index contributed by atoms with van der Waals surface area (Å²) >= 11 is 0. The fourth-order valence-corrected chi connectivity index (χ4v) is 3.64. The van der Waals surface area contributed by atoms with Crippen LogP contribution in [0.3, 0.4) is 0 Å². The molecule has 2 saturated heterocycles. The second-order valence-electron chi connectivity index (χ2n) is 7.50. The van der Waals surface area contributed by atoms with E-state index in [4.69, 9.17) is 18.7 Å². The van der Waals surface area contributed by atoms with Crippen molar-refractivity contribution in [2.45, 2.75) is 32.5 Å². The Kier molecular flexibility index (Phi) is 6.91. The van der Waals surface area contributed by atoms with Crippen molar-refractivity contribution in [3.8, 4) is 11.8 Å². The van der Waals surface area contributed by atoms with Gasteiger partial charge in [0.2, 0.25) is 0 Å². The van der Waals surface area contributed by atoms with Crippen molar-refractivity contribution in [1.82, 2.24) is 24.9 Å². The summed E-state index contributed by atoms with van der Waals surface area (Å²) in [7, 11) is 0. The molecular weight excluding hydrogens is 374 g/mol.